The molecule has 0 aromatic carbocycles. The monoisotopic (exact) mass is 195 g/mol. The van der Waals surface area contributed by atoms with E-state index in [0.29, 0.717) is 6.04 Å². The number of aryl methyl sites for hydroxylation is 1. The second-order valence-corrected chi connectivity index (χ2v) is 5.12. The van der Waals surface area contributed by atoms with Crippen molar-refractivity contribution in [3.05, 3.63) is 21.9 Å². The number of nitrogens with one attached hydrogen (secondary N) is 1. The minimum atomic E-state index is 0.640. The second-order valence-electron chi connectivity index (χ2n) is 3.80. The summed E-state index contributed by atoms with van der Waals surface area (Å²) in [5.41, 5.74) is 0. The lowest BCUT2D eigenvalue weighted by Crippen LogP contribution is -2.19. The lowest BCUT2D eigenvalue weighted by molar-refractivity contribution is 0.543. The van der Waals surface area contributed by atoms with Crippen LogP contribution < -0.4 is 5.32 Å². The number of hydrogen-bond acceptors (Lipinski definition) is 2. The molecule has 1 atom stereocenters. The largest absolute Gasteiger partial charge is 0.309 e. The van der Waals surface area contributed by atoms with Crippen molar-refractivity contribution in [1.82, 2.24) is 5.32 Å². The van der Waals surface area contributed by atoms with Crippen LogP contribution in [0.1, 0.15) is 41.5 Å². The highest BCUT2D eigenvalue weighted by molar-refractivity contribution is 7.12. The van der Waals surface area contributed by atoms with Crippen LogP contribution in [-0.2, 0) is 0 Å². The molecule has 0 spiro atoms. The van der Waals surface area contributed by atoms with Gasteiger partial charge in [0.25, 0.3) is 0 Å². The molecule has 1 saturated heterocycles. The Kier molecular flexibility index (Phi) is 3.01. The molecule has 1 nitrogen and oxygen atoms in total. The highest BCUT2D eigenvalue weighted by Crippen LogP contribution is 2.28. The van der Waals surface area contributed by atoms with Gasteiger partial charge in [0.05, 0.1) is 0 Å². The first-order valence-corrected chi connectivity index (χ1v) is 5.97. The summed E-state index contributed by atoms with van der Waals surface area (Å²) in [5, 5.41) is 3.62. The molecule has 1 aromatic rings. The van der Waals surface area contributed by atoms with Crippen molar-refractivity contribution < 1.29 is 0 Å². The third-order valence-electron chi connectivity index (χ3n) is 2.66. The molecule has 2 heterocycles. The van der Waals surface area contributed by atoms with Gasteiger partial charge in [0, 0.05) is 15.8 Å². The van der Waals surface area contributed by atoms with Gasteiger partial charge in [-0.05, 0) is 38.4 Å². The molecule has 1 fully saturated rings. The van der Waals surface area contributed by atoms with Gasteiger partial charge in [-0.3, -0.25) is 0 Å². The predicted molar refractivity (Wildman–Crippen MR) is 58.3 cm³/mol. The lowest BCUT2D eigenvalue weighted by Gasteiger charge is -2.13. The first kappa shape index (κ1) is 9.22. The van der Waals surface area contributed by atoms with Gasteiger partial charge >= 0.3 is 0 Å². The van der Waals surface area contributed by atoms with Crippen LogP contribution in [0, 0.1) is 6.92 Å². The first-order valence-electron chi connectivity index (χ1n) is 5.16. The van der Waals surface area contributed by atoms with Crippen LogP contribution >= 0.6 is 11.3 Å². The molecule has 2 heteroatoms. The summed E-state index contributed by atoms with van der Waals surface area (Å²) in [5.74, 6) is 0. The Morgan fingerprint density at radius 2 is 2.23 bits per heavy atom. The molecule has 1 N–H and O–H groups in total. The van der Waals surface area contributed by atoms with E-state index in [1.165, 1.54) is 42.0 Å². The lowest BCUT2D eigenvalue weighted by atomic mass is 10.1. The molecule has 72 valence electrons. The zero-order valence-corrected chi connectivity index (χ0v) is 8.99. The van der Waals surface area contributed by atoms with Gasteiger partial charge in [0.2, 0.25) is 0 Å². The third-order valence-corrected chi connectivity index (χ3v) is 3.78. The Morgan fingerprint density at radius 3 is 3.00 bits per heavy atom. The fourth-order valence-corrected chi connectivity index (χ4v) is 2.90. The van der Waals surface area contributed by atoms with E-state index >= 15 is 0 Å². The number of thiophene rings is 1. The molecule has 0 radical (unpaired) electrons. The van der Waals surface area contributed by atoms with Crippen LogP contribution in [0.25, 0.3) is 0 Å². The summed E-state index contributed by atoms with van der Waals surface area (Å²) in [6.45, 7) is 3.38. The summed E-state index contributed by atoms with van der Waals surface area (Å²) in [6, 6.07) is 5.15. The maximum Gasteiger partial charge on any atom is 0.0414 e. The average Bonchev–Trinajstić information content (AvgIpc) is 2.43. The molecular formula is C11H17NS. The van der Waals surface area contributed by atoms with Gasteiger partial charge in [-0.15, -0.1) is 11.3 Å². The summed E-state index contributed by atoms with van der Waals surface area (Å²) in [6.07, 6.45) is 5.45. The van der Waals surface area contributed by atoms with Crippen LogP contribution in [0.2, 0.25) is 0 Å². The van der Waals surface area contributed by atoms with Crippen LogP contribution in [0.15, 0.2) is 12.1 Å². The average molecular weight is 195 g/mol. The molecule has 1 aromatic heterocycles. The van der Waals surface area contributed by atoms with Crippen molar-refractivity contribution in [3.63, 3.8) is 0 Å². The normalized spacial score (nSPS) is 24.2. The van der Waals surface area contributed by atoms with Crippen molar-refractivity contribution in [2.45, 2.75) is 38.6 Å². The van der Waals surface area contributed by atoms with E-state index in [2.05, 4.69) is 24.4 Å². The summed E-state index contributed by atoms with van der Waals surface area (Å²) in [4.78, 5) is 2.96. The van der Waals surface area contributed by atoms with Gasteiger partial charge in [0.1, 0.15) is 0 Å². The topological polar surface area (TPSA) is 12.0 Å². The summed E-state index contributed by atoms with van der Waals surface area (Å²) < 4.78 is 0. The SMILES string of the molecule is Cc1ccc(C2CCCCCN2)s1. The Balaban J connectivity index is 2.06. The van der Waals surface area contributed by atoms with E-state index < -0.39 is 0 Å². The minimum absolute atomic E-state index is 0.640. The molecule has 1 unspecified atom stereocenters. The van der Waals surface area contributed by atoms with Gasteiger partial charge in [-0.1, -0.05) is 12.8 Å². The minimum Gasteiger partial charge on any atom is -0.309 e. The van der Waals surface area contributed by atoms with Crippen LogP contribution in [-0.4, -0.2) is 6.54 Å². The number of hydrogen-bond donors (Lipinski definition) is 1. The highest BCUT2D eigenvalue weighted by Gasteiger charge is 2.14. The standard InChI is InChI=1S/C11H17NS/c1-9-6-7-11(13-9)10-5-3-2-4-8-12-10/h6-7,10,12H,2-5,8H2,1H3. The van der Waals surface area contributed by atoms with Crippen LogP contribution in [0.5, 0.6) is 0 Å². The second kappa shape index (κ2) is 4.25. The third kappa shape index (κ3) is 2.32. The van der Waals surface area contributed by atoms with E-state index in [-0.39, 0.29) is 0 Å². The fourth-order valence-electron chi connectivity index (χ4n) is 1.91. The van der Waals surface area contributed by atoms with E-state index in [1.807, 2.05) is 11.3 Å². The molecule has 1 aliphatic heterocycles. The smallest absolute Gasteiger partial charge is 0.0414 e. The Morgan fingerprint density at radius 1 is 1.31 bits per heavy atom. The summed E-state index contributed by atoms with van der Waals surface area (Å²) in [7, 11) is 0. The molecular weight excluding hydrogens is 178 g/mol. The van der Waals surface area contributed by atoms with Crippen molar-refractivity contribution in [3.8, 4) is 0 Å². The van der Waals surface area contributed by atoms with Crippen molar-refractivity contribution in [1.29, 1.82) is 0 Å². The molecule has 2 rings (SSSR count). The zero-order valence-electron chi connectivity index (χ0n) is 8.18. The van der Waals surface area contributed by atoms with E-state index in [1.54, 1.807) is 0 Å². The molecule has 0 amide bonds. The number of rotatable bonds is 1. The Bertz CT molecular complexity index is 259. The van der Waals surface area contributed by atoms with Crippen LogP contribution in [0.4, 0.5) is 0 Å². The van der Waals surface area contributed by atoms with Crippen molar-refractivity contribution in [2.75, 3.05) is 6.54 Å². The fraction of sp³-hybridized carbons (Fsp3) is 0.636. The van der Waals surface area contributed by atoms with Gasteiger partial charge in [0.15, 0.2) is 0 Å². The molecule has 0 aliphatic carbocycles. The van der Waals surface area contributed by atoms with Crippen molar-refractivity contribution in [2.24, 2.45) is 0 Å². The Hall–Kier alpha value is -0.340. The predicted octanol–water partition coefficient (Wildman–Crippen LogP) is 3.26. The maximum atomic E-state index is 3.62. The van der Waals surface area contributed by atoms with E-state index in [4.69, 9.17) is 0 Å². The zero-order chi connectivity index (χ0) is 9.10. The van der Waals surface area contributed by atoms with Crippen LogP contribution in [0.3, 0.4) is 0 Å². The Labute approximate surface area is 84.2 Å². The van der Waals surface area contributed by atoms with Crippen molar-refractivity contribution >= 4 is 11.3 Å². The molecule has 0 bridgehead atoms. The molecule has 0 saturated carbocycles. The first-order chi connectivity index (χ1) is 6.36. The summed E-state index contributed by atoms with van der Waals surface area (Å²) >= 11 is 1.94. The molecule has 13 heavy (non-hydrogen) atoms. The highest BCUT2D eigenvalue weighted by atomic mass is 32.1. The van der Waals surface area contributed by atoms with Gasteiger partial charge in [-0.2, -0.15) is 0 Å². The van der Waals surface area contributed by atoms with Gasteiger partial charge in [-0.25, -0.2) is 0 Å². The van der Waals surface area contributed by atoms with E-state index in [9.17, 15) is 0 Å². The van der Waals surface area contributed by atoms with E-state index in [0.717, 1.165) is 0 Å². The molecule has 1 aliphatic rings. The quantitative estimate of drug-likeness (QED) is 0.725. The van der Waals surface area contributed by atoms with Gasteiger partial charge < -0.3 is 5.32 Å². The maximum absolute atomic E-state index is 3.62.